The molecule has 0 N–H and O–H groups in total. The van der Waals surface area contributed by atoms with Crippen LogP contribution in [0.4, 0.5) is 0 Å². The van der Waals surface area contributed by atoms with Crippen LogP contribution in [0, 0.1) is 23.7 Å². The summed E-state index contributed by atoms with van der Waals surface area (Å²) in [6.07, 6.45) is 7.19. The fourth-order valence-electron chi connectivity index (χ4n) is 10.6. The number of fused-ring (bicyclic) bond motifs is 2. The molecule has 57 heavy (non-hydrogen) atoms. The molecule has 0 aliphatic heterocycles. The predicted molar refractivity (Wildman–Crippen MR) is 259 cm³/mol. The quantitative estimate of drug-likeness (QED) is 0.114. The number of halogens is 2. The van der Waals surface area contributed by atoms with Gasteiger partial charge in [-0.3, -0.25) is 0 Å². The molecular weight excluding hydrogens is 844 g/mol. The van der Waals surface area contributed by atoms with Gasteiger partial charge in [-0.25, -0.2) is 0 Å². The minimum absolute atomic E-state index is 0.0211. The molecule has 0 saturated heterocycles. The first kappa shape index (κ1) is 44.8. The molecule has 4 aromatic carbocycles. The van der Waals surface area contributed by atoms with Gasteiger partial charge in [-0.15, -0.1) is 0 Å². The maximum absolute atomic E-state index is 9.24. The summed E-state index contributed by atoms with van der Waals surface area (Å²) in [5.41, 5.74) is 16.4. The van der Waals surface area contributed by atoms with Crippen LogP contribution in [0.15, 0.2) is 96.1 Å². The number of nitrogens with zero attached hydrogens (tertiary/aromatic N) is 1. The number of hydrogen-bond acceptors (Lipinski definition) is 1. The summed E-state index contributed by atoms with van der Waals surface area (Å²) in [4.78, 5) is 0.806. The molecule has 2 aliphatic rings. The molecule has 0 amide bonds. The summed E-state index contributed by atoms with van der Waals surface area (Å²) in [7, 11) is 14.7. The van der Waals surface area contributed by atoms with Gasteiger partial charge in [0.15, 0.2) is 0 Å². The number of hydrogen-bond donors (Lipinski definition) is 0. The second-order valence-electron chi connectivity index (χ2n) is 20.9. The van der Waals surface area contributed by atoms with Crippen LogP contribution in [0.1, 0.15) is 96.0 Å². The van der Waals surface area contributed by atoms with E-state index < -0.39 is 32.6 Å². The van der Waals surface area contributed by atoms with E-state index in [1.165, 1.54) is 66.8 Å². The van der Waals surface area contributed by atoms with Gasteiger partial charge in [0.05, 0.1) is 0 Å². The normalized spacial score (nSPS) is 17.9. The zero-order valence-electron chi connectivity index (χ0n) is 37.5. The fourth-order valence-corrected chi connectivity index (χ4v) is 53.1. The van der Waals surface area contributed by atoms with Crippen molar-refractivity contribution in [2.75, 3.05) is 0 Å². The zero-order chi connectivity index (χ0) is 41.9. The van der Waals surface area contributed by atoms with Crippen molar-refractivity contribution in [1.29, 1.82) is 0 Å². The Morgan fingerprint density at radius 3 is 1.21 bits per heavy atom. The van der Waals surface area contributed by atoms with E-state index in [-0.39, 0.29) is 7.25 Å². The van der Waals surface area contributed by atoms with Gasteiger partial charge in [-0.2, -0.15) is 0 Å². The monoisotopic (exact) mass is 910 g/mol. The third kappa shape index (κ3) is 8.74. The molecule has 0 spiro atoms. The Labute approximate surface area is 358 Å². The number of allylic oxidation sites excluding steroid dienone is 2. The molecule has 0 saturated carbocycles. The molecule has 2 aliphatic carbocycles. The summed E-state index contributed by atoms with van der Waals surface area (Å²) in [6.45, 7) is 33.9. The molecule has 0 heterocycles. The summed E-state index contributed by atoms with van der Waals surface area (Å²) < 4.78 is 2.90. The van der Waals surface area contributed by atoms with Crippen molar-refractivity contribution in [1.82, 2.24) is 4.14 Å². The third-order valence-electron chi connectivity index (χ3n) is 12.7. The van der Waals surface area contributed by atoms with Crippen molar-refractivity contribution >= 4 is 50.6 Å². The molecular formula is C50H69BCl2NSi2Zr. The fraction of sp³-hybridized carbons (Fsp3) is 0.440. The van der Waals surface area contributed by atoms with Gasteiger partial charge < -0.3 is 0 Å². The molecule has 6 rings (SSSR count). The van der Waals surface area contributed by atoms with Crippen LogP contribution in [-0.4, -0.2) is 25.6 Å². The molecule has 1 nitrogen and oxygen atoms in total. The first-order valence-electron chi connectivity index (χ1n) is 21.7. The van der Waals surface area contributed by atoms with Gasteiger partial charge in [0.25, 0.3) is 0 Å². The second-order valence-corrected chi connectivity index (χ2v) is 53.0. The minimum atomic E-state index is -5.37. The number of benzene rings is 4. The van der Waals surface area contributed by atoms with Gasteiger partial charge in [0, 0.05) is 0 Å². The van der Waals surface area contributed by atoms with Gasteiger partial charge in [0.1, 0.15) is 0 Å². The zero-order valence-corrected chi connectivity index (χ0v) is 43.5. The Morgan fingerprint density at radius 2 is 0.877 bits per heavy atom. The van der Waals surface area contributed by atoms with Crippen LogP contribution >= 0.6 is 17.0 Å². The van der Waals surface area contributed by atoms with Gasteiger partial charge in [0.2, 0.25) is 0 Å². The summed E-state index contributed by atoms with van der Waals surface area (Å²) in [6, 6.07) is 32.2. The van der Waals surface area contributed by atoms with Crippen molar-refractivity contribution in [3.63, 3.8) is 0 Å². The van der Waals surface area contributed by atoms with Gasteiger partial charge in [-0.05, 0) is 0 Å². The Bertz CT molecular complexity index is 2040. The average molecular weight is 913 g/mol. The van der Waals surface area contributed by atoms with Gasteiger partial charge >= 0.3 is 361 Å². The Hall–Kier alpha value is -1.72. The Kier molecular flexibility index (Phi) is 13.1. The van der Waals surface area contributed by atoms with Crippen LogP contribution < -0.4 is 0 Å². The van der Waals surface area contributed by atoms with E-state index in [0.29, 0.717) is 23.7 Å². The van der Waals surface area contributed by atoms with E-state index in [2.05, 4.69) is 196 Å². The summed E-state index contributed by atoms with van der Waals surface area (Å²) in [5.74, 6) is 1.71. The van der Waals surface area contributed by atoms with E-state index in [4.69, 9.17) is 0 Å². The van der Waals surface area contributed by atoms with Crippen molar-refractivity contribution in [2.45, 2.75) is 115 Å². The van der Waals surface area contributed by atoms with Gasteiger partial charge in [-0.1, -0.05) is 0 Å². The van der Waals surface area contributed by atoms with E-state index in [1.807, 2.05) is 0 Å². The molecule has 2 unspecified atom stereocenters. The summed E-state index contributed by atoms with van der Waals surface area (Å²) >= 11 is -5.37. The molecule has 0 aromatic heterocycles. The van der Waals surface area contributed by atoms with Crippen molar-refractivity contribution < 1.29 is 16.2 Å². The number of rotatable bonds is 14. The van der Waals surface area contributed by atoms with Crippen LogP contribution in [0.3, 0.4) is 0 Å². The second kappa shape index (κ2) is 16.6. The maximum atomic E-state index is 9.24. The Balaban J connectivity index is 1.69. The first-order valence-corrected chi connectivity index (χ1v) is 39.5. The topological polar surface area (TPSA) is 3.24 Å². The van der Waals surface area contributed by atoms with E-state index >= 15 is 0 Å². The molecule has 0 fully saturated rings. The molecule has 4 aromatic rings. The van der Waals surface area contributed by atoms with Crippen LogP contribution in [0.5, 0.6) is 0 Å². The first-order chi connectivity index (χ1) is 26.5. The third-order valence-corrected chi connectivity index (χ3v) is 39.6. The standard InChI is InChI=1S/2C22H25.C6H19BNSi2.2ClH.Zr/c2*1-15(2)12-17-8-5-6-10-20(17)21-11-7-9-18-13-19(16(3)4)14-22(18)21;1-9(2,3)8(7)10(4,5)6;;;/h2*5-11,13-16H,12H2,1-4H3;7H,1-6H3;2*1H;/q;;+1;;;+1/p-2. The Morgan fingerprint density at radius 1 is 0.526 bits per heavy atom. The SMILES string of the molecule is CC(C)Cc1ccccc1-c1cccc2c1C=C(C(C)C)[CH]2[Zr]([Cl])([Cl])([BH]N([Si](C)(C)C)[Si](C)(C)C)[CH]1C(C(C)C)=Cc2c(-c3ccccc3CC(C)C)cccc21. The molecule has 0 bridgehead atoms. The van der Waals surface area contributed by atoms with Crippen molar-refractivity contribution in [3.05, 3.63) is 129 Å². The van der Waals surface area contributed by atoms with E-state index in [0.717, 1.165) is 17.8 Å². The predicted octanol–water partition coefficient (Wildman–Crippen LogP) is 15.5. The molecule has 2 atom stereocenters. The van der Waals surface area contributed by atoms with Crippen LogP contribution in [0.2, 0.25) is 39.3 Å². The summed E-state index contributed by atoms with van der Waals surface area (Å²) in [5, 5.41) is 0. The molecule has 0 radical (unpaired) electrons. The van der Waals surface area contributed by atoms with Crippen molar-refractivity contribution in [2.24, 2.45) is 23.7 Å². The van der Waals surface area contributed by atoms with Crippen molar-refractivity contribution in [3.8, 4) is 22.3 Å². The van der Waals surface area contributed by atoms with E-state index in [1.54, 1.807) is 0 Å². The average Bonchev–Trinajstić information content (AvgIpc) is 3.72. The molecule has 7 heteroatoms. The van der Waals surface area contributed by atoms with Crippen LogP contribution in [-0.2, 0) is 29.0 Å². The molecule has 303 valence electrons. The van der Waals surface area contributed by atoms with Crippen LogP contribution in [0.25, 0.3) is 34.4 Å². The van der Waals surface area contributed by atoms with E-state index in [9.17, 15) is 17.0 Å².